The van der Waals surface area contributed by atoms with Gasteiger partial charge in [0, 0.05) is 17.6 Å². The average molecular weight is 243 g/mol. The molecule has 0 amide bonds. The molecule has 92 valence electrons. The SMILES string of the molecule is Cc1ncccc1Nc1ccc(N)c(C(=O)O)c1. The van der Waals surface area contributed by atoms with Gasteiger partial charge < -0.3 is 16.2 Å². The molecule has 5 heteroatoms. The van der Waals surface area contributed by atoms with Gasteiger partial charge in [-0.15, -0.1) is 0 Å². The van der Waals surface area contributed by atoms with Crippen molar-refractivity contribution in [2.24, 2.45) is 0 Å². The molecule has 0 unspecified atom stereocenters. The lowest BCUT2D eigenvalue weighted by molar-refractivity contribution is 0.0698. The van der Waals surface area contributed by atoms with Crippen LogP contribution in [0.15, 0.2) is 36.5 Å². The van der Waals surface area contributed by atoms with E-state index in [1.165, 1.54) is 6.07 Å². The number of rotatable bonds is 3. The van der Waals surface area contributed by atoms with E-state index in [1.807, 2.05) is 19.1 Å². The van der Waals surface area contributed by atoms with Crippen LogP contribution in [0.5, 0.6) is 0 Å². The molecule has 4 N–H and O–H groups in total. The maximum Gasteiger partial charge on any atom is 0.337 e. The van der Waals surface area contributed by atoms with Crippen molar-refractivity contribution in [3.05, 3.63) is 47.8 Å². The molecule has 0 saturated heterocycles. The Kier molecular flexibility index (Phi) is 3.14. The fourth-order valence-electron chi connectivity index (χ4n) is 1.59. The number of benzene rings is 1. The Morgan fingerprint density at radius 1 is 1.39 bits per heavy atom. The highest BCUT2D eigenvalue weighted by Gasteiger charge is 2.09. The lowest BCUT2D eigenvalue weighted by Crippen LogP contribution is -2.03. The first-order chi connectivity index (χ1) is 8.58. The van der Waals surface area contributed by atoms with Crippen LogP contribution in [0.1, 0.15) is 16.1 Å². The number of nitrogens with zero attached hydrogens (tertiary/aromatic N) is 1. The van der Waals surface area contributed by atoms with Gasteiger partial charge in [-0.2, -0.15) is 0 Å². The van der Waals surface area contributed by atoms with Crippen molar-refractivity contribution in [2.45, 2.75) is 6.92 Å². The van der Waals surface area contributed by atoms with Gasteiger partial charge in [0.15, 0.2) is 0 Å². The normalized spacial score (nSPS) is 10.1. The summed E-state index contributed by atoms with van der Waals surface area (Å²) < 4.78 is 0. The number of nitrogens with two attached hydrogens (primary N) is 1. The predicted octanol–water partition coefficient (Wildman–Crippen LogP) is 2.41. The third-order valence-electron chi connectivity index (χ3n) is 2.57. The Balaban J connectivity index is 2.33. The highest BCUT2D eigenvalue weighted by atomic mass is 16.4. The zero-order valence-electron chi connectivity index (χ0n) is 9.84. The molecule has 2 aromatic rings. The summed E-state index contributed by atoms with van der Waals surface area (Å²) in [6.07, 6.45) is 1.70. The van der Waals surface area contributed by atoms with Gasteiger partial charge in [0.2, 0.25) is 0 Å². The Morgan fingerprint density at radius 2 is 2.17 bits per heavy atom. The first-order valence-electron chi connectivity index (χ1n) is 5.39. The summed E-state index contributed by atoms with van der Waals surface area (Å²) in [5.74, 6) is -1.04. The molecule has 0 radical (unpaired) electrons. The molecule has 0 aliphatic rings. The molecule has 0 saturated carbocycles. The van der Waals surface area contributed by atoms with Gasteiger partial charge in [-0.3, -0.25) is 4.98 Å². The molecule has 0 aliphatic heterocycles. The van der Waals surface area contributed by atoms with Crippen LogP contribution in [-0.4, -0.2) is 16.1 Å². The lowest BCUT2D eigenvalue weighted by atomic mass is 10.1. The summed E-state index contributed by atoms with van der Waals surface area (Å²) in [7, 11) is 0. The Hall–Kier alpha value is -2.56. The van der Waals surface area contributed by atoms with E-state index in [2.05, 4.69) is 10.3 Å². The minimum atomic E-state index is -1.04. The molecule has 1 heterocycles. The smallest absolute Gasteiger partial charge is 0.337 e. The molecule has 1 aromatic carbocycles. The van der Waals surface area contributed by atoms with Crippen molar-refractivity contribution in [1.29, 1.82) is 0 Å². The highest BCUT2D eigenvalue weighted by Crippen LogP contribution is 2.22. The first-order valence-corrected chi connectivity index (χ1v) is 5.39. The van der Waals surface area contributed by atoms with Crippen LogP contribution in [0.4, 0.5) is 17.1 Å². The summed E-state index contributed by atoms with van der Waals surface area (Å²) in [4.78, 5) is 15.1. The minimum Gasteiger partial charge on any atom is -0.478 e. The van der Waals surface area contributed by atoms with E-state index >= 15 is 0 Å². The third kappa shape index (κ3) is 2.40. The van der Waals surface area contributed by atoms with Crippen molar-refractivity contribution in [2.75, 3.05) is 11.1 Å². The molecule has 0 aliphatic carbocycles. The molecule has 0 bridgehead atoms. The van der Waals surface area contributed by atoms with Crippen LogP contribution in [-0.2, 0) is 0 Å². The van der Waals surface area contributed by atoms with Crippen molar-refractivity contribution in [1.82, 2.24) is 4.98 Å². The third-order valence-corrected chi connectivity index (χ3v) is 2.57. The van der Waals surface area contributed by atoms with Crippen LogP contribution in [0, 0.1) is 6.92 Å². The van der Waals surface area contributed by atoms with Gasteiger partial charge >= 0.3 is 5.97 Å². The molecular formula is C13H13N3O2. The number of nitrogens with one attached hydrogen (secondary N) is 1. The summed E-state index contributed by atoms with van der Waals surface area (Å²) >= 11 is 0. The number of pyridine rings is 1. The molecule has 5 nitrogen and oxygen atoms in total. The van der Waals surface area contributed by atoms with Gasteiger partial charge in [0.05, 0.1) is 16.9 Å². The van der Waals surface area contributed by atoms with E-state index in [0.717, 1.165) is 11.4 Å². The number of hydrogen-bond acceptors (Lipinski definition) is 4. The summed E-state index contributed by atoms with van der Waals surface area (Å²) in [6, 6.07) is 8.49. The number of carboxylic acids is 1. The van der Waals surface area contributed by atoms with Crippen LogP contribution in [0.2, 0.25) is 0 Å². The van der Waals surface area contributed by atoms with E-state index in [-0.39, 0.29) is 11.3 Å². The molecule has 0 spiro atoms. The number of aromatic nitrogens is 1. The lowest BCUT2D eigenvalue weighted by Gasteiger charge is -2.10. The van der Waals surface area contributed by atoms with E-state index in [4.69, 9.17) is 10.8 Å². The van der Waals surface area contributed by atoms with E-state index in [1.54, 1.807) is 18.3 Å². The van der Waals surface area contributed by atoms with E-state index < -0.39 is 5.97 Å². The predicted molar refractivity (Wildman–Crippen MR) is 70.1 cm³/mol. The molecule has 1 aromatic heterocycles. The molecule has 0 atom stereocenters. The van der Waals surface area contributed by atoms with Crippen LogP contribution < -0.4 is 11.1 Å². The van der Waals surface area contributed by atoms with Gasteiger partial charge in [-0.1, -0.05) is 0 Å². The Labute approximate surface area is 104 Å². The number of nitrogen functional groups attached to an aromatic ring is 1. The van der Waals surface area contributed by atoms with Crippen molar-refractivity contribution in [3.8, 4) is 0 Å². The molecule has 18 heavy (non-hydrogen) atoms. The highest BCUT2D eigenvalue weighted by molar-refractivity contribution is 5.95. The second kappa shape index (κ2) is 4.75. The standard InChI is InChI=1S/C13H13N3O2/c1-8-12(3-2-6-15-8)16-9-4-5-11(14)10(7-9)13(17)18/h2-7,16H,14H2,1H3,(H,17,18). The topological polar surface area (TPSA) is 88.2 Å². The van der Waals surface area contributed by atoms with E-state index in [9.17, 15) is 4.79 Å². The van der Waals surface area contributed by atoms with Gasteiger partial charge in [-0.25, -0.2) is 4.79 Å². The fraction of sp³-hybridized carbons (Fsp3) is 0.0769. The zero-order chi connectivity index (χ0) is 13.1. The average Bonchev–Trinajstić information content (AvgIpc) is 2.34. The Bertz CT molecular complexity index is 597. The molecule has 0 fully saturated rings. The quantitative estimate of drug-likeness (QED) is 0.720. The largest absolute Gasteiger partial charge is 0.478 e. The fourth-order valence-corrected chi connectivity index (χ4v) is 1.59. The van der Waals surface area contributed by atoms with Crippen molar-refractivity contribution >= 4 is 23.0 Å². The van der Waals surface area contributed by atoms with Crippen LogP contribution in [0.25, 0.3) is 0 Å². The molecule has 2 rings (SSSR count). The first kappa shape index (κ1) is 11.9. The van der Waals surface area contributed by atoms with Crippen molar-refractivity contribution in [3.63, 3.8) is 0 Å². The van der Waals surface area contributed by atoms with Gasteiger partial charge in [-0.05, 0) is 37.3 Å². The van der Waals surface area contributed by atoms with Crippen LogP contribution >= 0.6 is 0 Å². The maximum absolute atomic E-state index is 11.0. The van der Waals surface area contributed by atoms with Gasteiger partial charge in [0.25, 0.3) is 0 Å². The van der Waals surface area contributed by atoms with Crippen LogP contribution in [0.3, 0.4) is 0 Å². The second-order valence-electron chi connectivity index (χ2n) is 3.87. The summed E-state index contributed by atoms with van der Waals surface area (Å²) in [5.41, 5.74) is 8.26. The number of carboxylic acid groups (broad SMARTS) is 1. The number of aryl methyl sites for hydroxylation is 1. The number of aromatic carboxylic acids is 1. The number of hydrogen-bond donors (Lipinski definition) is 3. The number of carbonyl (C=O) groups is 1. The second-order valence-corrected chi connectivity index (χ2v) is 3.87. The molecular weight excluding hydrogens is 230 g/mol. The van der Waals surface area contributed by atoms with Gasteiger partial charge in [0.1, 0.15) is 0 Å². The minimum absolute atomic E-state index is 0.0848. The van der Waals surface area contributed by atoms with Crippen molar-refractivity contribution < 1.29 is 9.90 Å². The monoisotopic (exact) mass is 243 g/mol. The number of anilines is 3. The zero-order valence-corrected chi connectivity index (χ0v) is 9.84. The van der Waals surface area contributed by atoms with E-state index in [0.29, 0.717) is 5.69 Å². The maximum atomic E-state index is 11.0. The summed E-state index contributed by atoms with van der Waals surface area (Å²) in [6.45, 7) is 1.87. The Morgan fingerprint density at radius 3 is 2.83 bits per heavy atom. The summed E-state index contributed by atoms with van der Waals surface area (Å²) in [5, 5.41) is 12.1.